The molecule has 0 bridgehead atoms. The Morgan fingerprint density at radius 1 is 1.29 bits per heavy atom. The number of aromatic nitrogens is 5. The van der Waals surface area contributed by atoms with Crippen molar-refractivity contribution in [3.05, 3.63) is 48.3 Å². The lowest BCUT2D eigenvalue weighted by molar-refractivity contribution is -0.141. The van der Waals surface area contributed by atoms with Crippen molar-refractivity contribution in [2.75, 3.05) is 18.1 Å². The Morgan fingerprint density at radius 2 is 2.10 bits per heavy atom. The number of rotatable bonds is 4. The quantitative estimate of drug-likeness (QED) is 0.607. The van der Waals surface area contributed by atoms with E-state index in [1.165, 1.54) is 23.0 Å². The summed E-state index contributed by atoms with van der Waals surface area (Å²) < 4.78 is 46.3. The molecule has 1 saturated heterocycles. The van der Waals surface area contributed by atoms with Gasteiger partial charge in [0, 0.05) is 36.9 Å². The van der Waals surface area contributed by atoms with Gasteiger partial charge >= 0.3 is 6.18 Å². The minimum Gasteiger partial charge on any atom is -0.404 e. The third-order valence-electron chi connectivity index (χ3n) is 5.10. The van der Waals surface area contributed by atoms with Crippen LogP contribution in [0.2, 0.25) is 0 Å². The van der Waals surface area contributed by atoms with Gasteiger partial charge in [-0.1, -0.05) is 0 Å². The van der Waals surface area contributed by atoms with E-state index in [1.807, 2.05) is 11.8 Å². The normalized spacial score (nSPS) is 20.3. The maximum Gasteiger partial charge on any atom is 0.434 e. The van der Waals surface area contributed by atoms with Crippen LogP contribution in [0.3, 0.4) is 0 Å². The van der Waals surface area contributed by atoms with E-state index in [2.05, 4.69) is 19.9 Å². The van der Waals surface area contributed by atoms with Crippen LogP contribution in [0.4, 0.5) is 19.0 Å². The van der Waals surface area contributed by atoms with Crippen molar-refractivity contribution >= 4 is 17.7 Å². The maximum atomic E-state index is 13.1. The van der Waals surface area contributed by atoms with Crippen LogP contribution < -0.4 is 10.6 Å². The fourth-order valence-corrected chi connectivity index (χ4v) is 3.54. The fourth-order valence-electron chi connectivity index (χ4n) is 3.54. The van der Waals surface area contributed by atoms with Gasteiger partial charge < -0.3 is 20.8 Å². The zero-order chi connectivity index (χ0) is 22.2. The van der Waals surface area contributed by atoms with Gasteiger partial charge in [-0.3, -0.25) is 4.40 Å². The highest BCUT2D eigenvalue weighted by atomic mass is 19.4. The number of morpholine rings is 1. The Kier molecular flexibility index (Phi) is 5.31. The van der Waals surface area contributed by atoms with Gasteiger partial charge in [-0.05, 0) is 13.0 Å². The van der Waals surface area contributed by atoms with Crippen molar-refractivity contribution in [3.8, 4) is 11.5 Å². The summed E-state index contributed by atoms with van der Waals surface area (Å²) in [5, 5.41) is 7.53. The SMILES string of the molecule is CC1C(/C(C=N)=C/N)OCCN1c1ccnc(-c2cnc3cnc(C(F)(F)F)cn23)n1. The second-order valence-electron chi connectivity index (χ2n) is 6.92. The Bertz CT molecular complexity index is 1140. The van der Waals surface area contributed by atoms with Crippen LogP contribution in [0.5, 0.6) is 0 Å². The molecule has 2 unspecified atom stereocenters. The van der Waals surface area contributed by atoms with Crippen LogP contribution in [0.1, 0.15) is 12.6 Å². The number of nitrogens with one attached hydrogen (secondary N) is 1. The van der Waals surface area contributed by atoms with Crippen molar-refractivity contribution in [3.63, 3.8) is 0 Å². The molecule has 0 aliphatic carbocycles. The van der Waals surface area contributed by atoms with Crippen LogP contribution in [0.15, 0.2) is 42.6 Å². The van der Waals surface area contributed by atoms with Crippen molar-refractivity contribution < 1.29 is 17.9 Å². The van der Waals surface area contributed by atoms with Crippen molar-refractivity contribution in [1.29, 1.82) is 5.41 Å². The standard InChI is InChI=1S/C19H19F3N8O/c1-11-17(12(6-23)7-24)31-5-4-29(11)15-2-3-25-18(28-15)13-8-27-16-9-26-14(10-30(13)16)19(20,21)22/h2-3,6-11,17,23H,4-5,24H2,1H3/b12-7+,23-6?. The number of halogens is 3. The van der Waals surface area contributed by atoms with Gasteiger partial charge in [-0.15, -0.1) is 0 Å². The lowest BCUT2D eigenvalue weighted by atomic mass is 10.0. The molecule has 3 N–H and O–H groups in total. The first-order chi connectivity index (χ1) is 14.8. The van der Waals surface area contributed by atoms with Gasteiger partial charge in [0.2, 0.25) is 0 Å². The van der Waals surface area contributed by atoms with E-state index < -0.39 is 18.0 Å². The molecule has 1 aliphatic rings. The van der Waals surface area contributed by atoms with E-state index in [4.69, 9.17) is 15.9 Å². The molecule has 1 aliphatic heterocycles. The number of anilines is 1. The van der Waals surface area contributed by atoms with Crippen LogP contribution in [-0.2, 0) is 10.9 Å². The minimum atomic E-state index is -4.58. The molecule has 31 heavy (non-hydrogen) atoms. The molecular weight excluding hydrogens is 413 g/mol. The molecule has 162 valence electrons. The first-order valence-corrected chi connectivity index (χ1v) is 9.37. The second-order valence-corrected chi connectivity index (χ2v) is 6.92. The average Bonchev–Trinajstić information content (AvgIpc) is 3.18. The van der Waals surface area contributed by atoms with Gasteiger partial charge in [0.25, 0.3) is 0 Å². The van der Waals surface area contributed by atoms with E-state index in [9.17, 15) is 13.2 Å². The van der Waals surface area contributed by atoms with Crippen molar-refractivity contribution in [2.45, 2.75) is 25.2 Å². The summed E-state index contributed by atoms with van der Waals surface area (Å²) >= 11 is 0. The van der Waals surface area contributed by atoms with E-state index >= 15 is 0 Å². The molecule has 4 heterocycles. The molecule has 3 aromatic rings. The zero-order valence-electron chi connectivity index (χ0n) is 16.4. The zero-order valence-corrected chi connectivity index (χ0v) is 16.4. The van der Waals surface area contributed by atoms with Gasteiger partial charge in [0.05, 0.1) is 25.0 Å². The number of nitrogens with zero attached hydrogens (tertiary/aromatic N) is 6. The van der Waals surface area contributed by atoms with E-state index in [0.29, 0.717) is 30.2 Å². The summed E-state index contributed by atoms with van der Waals surface area (Å²) in [6, 6.07) is 1.53. The highest BCUT2D eigenvalue weighted by Crippen LogP contribution is 2.29. The first kappa shape index (κ1) is 20.7. The Morgan fingerprint density at radius 3 is 2.81 bits per heavy atom. The lowest BCUT2D eigenvalue weighted by Gasteiger charge is -2.40. The van der Waals surface area contributed by atoms with Crippen LogP contribution in [0.25, 0.3) is 17.2 Å². The summed E-state index contributed by atoms with van der Waals surface area (Å²) in [6.45, 7) is 2.86. The largest absolute Gasteiger partial charge is 0.434 e. The number of imidazole rings is 1. The van der Waals surface area contributed by atoms with Gasteiger partial charge in [-0.25, -0.2) is 19.9 Å². The average molecular weight is 432 g/mol. The predicted molar refractivity (Wildman–Crippen MR) is 107 cm³/mol. The molecule has 0 spiro atoms. The highest BCUT2D eigenvalue weighted by molar-refractivity contribution is 5.77. The molecule has 0 radical (unpaired) electrons. The molecule has 3 aromatic heterocycles. The van der Waals surface area contributed by atoms with E-state index in [1.54, 1.807) is 6.07 Å². The molecule has 2 atom stereocenters. The fraction of sp³-hybridized carbons (Fsp3) is 0.316. The molecule has 0 aromatic carbocycles. The third kappa shape index (κ3) is 3.81. The molecule has 9 nitrogen and oxygen atoms in total. The monoisotopic (exact) mass is 432 g/mol. The lowest BCUT2D eigenvalue weighted by Crippen LogP contribution is -2.51. The summed E-state index contributed by atoms with van der Waals surface area (Å²) in [5.74, 6) is 0.799. The summed E-state index contributed by atoms with van der Waals surface area (Å²) in [6.07, 6.45) is 2.38. The van der Waals surface area contributed by atoms with Crippen LogP contribution >= 0.6 is 0 Å². The topological polar surface area (TPSA) is 118 Å². The van der Waals surface area contributed by atoms with Gasteiger partial charge in [0.15, 0.2) is 17.2 Å². The molecule has 4 rings (SSSR count). The highest BCUT2D eigenvalue weighted by Gasteiger charge is 2.34. The first-order valence-electron chi connectivity index (χ1n) is 9.37. The number of nitrogens with two attached hydrogens (primary N) is 1. The number of ether oxygens (including phenoxy) is 1. The Balaban J connectivity index is 1.71. The van der Waals surface area contributed by atoms with E-state index in [0.717, 1.165) is 18.6 Å². The number of alkyl halides is 3. The second kappa shape index (κ2) is 7.95. The van der Waals surface area contributed by atoms with Crippen LogP contribution in [-0.4, -0.2) is 55.8 Å². The van der Waals surface area contributed by atoms with Crippen LogP contribution in [0, 0.1) is 5.41 Å². The Hall–Kier alpha value is -3.54. The summed E-state index contributed by atoms with van der Waals surface area (Å²) in [5.41, 5.74) is 5.68. The molecular formula is C19H19F3N8O. The number of hydrogen-bond acceptors (Lipinski definition) is 8. The molecule has 0 amide bonds. The van der Waals surface area contributed by atoms with Gasteiger partial charge in [0.1, 0.15) is 17.6 Å². The molecule has 0 saturated carbocycles. The number of fused-ring (bicyclic) bond motifs is 1. The minimum absolute atomic E-state index is 0.184. The maximum absolute atomic E-state index is 13.1. The smallest absolute Gasteiger partial charge is 0.404 e. The van der Waals surface area contributed by atoms with Crippen molar-refractivity contribution in [1.82, 2.24) is 24.3 Å². The summed E-state index contributed by atoms with van der Waals surface area (Å²) in [4.78, 5) is 18.3. The number of hydrogen-bond donors (Lipinski definition) is 2. The third-order valence-corrected chi connectivity index (χ3v) is 5.10. The van der Waals surface area contributed by atoms with E-state index in [-0.39, 0.29) is 17.5 Å². The molecule has 12 heteroatoms. The van der Waals surface area contributed by atoms with Gasteiger partial charge in [-0.2, -0.15) is 13.2 Å². The molecule has 1 fully saturated rings. The predicted octanol–water partition coefficient (Wildman–Crippen LogP) is 2.29. The Labute approximate surface area is 174 Å². The summed E-state index contributed by atoms with van der Waals surface area (Å²) in [7, 11) is 0. The van der Waals surface area contributed by atoms with Crippen molar-refractivity contribution in [2.24, 2.45) is 5.73 Å².